The highest BCUT2D eigenvalue weighted by Gasteiger charge is 2.19. The van der Waals surface area contributed by atoms with Gasteiger partial charge in [0.1, 0.15) is 5.69 Å². The summed E-state index contributed by atoms with van der Waals surface area (Å²) in [5.41, 5.74) is 0.429. The van der Waals surface area contributed by atoms with E-state index in [0.717, 1.165) is 12.8 Å². The van der Waals surface area contributed by atoms with Crippen molar-refractivity contribution < 1.29 is 9.90 Å². The lowest BCUT2D eigenvalue weighted by molar-refractivity contribution is 0.0927. The fourth-order valence-electron chi connectivity index (χ4n) is 1.59. The zero-order valence-electron chi connectivity index (χ0n) is 10.7. The van der Waals surface area contributed by atoms with E-state index in [1.165, 1.54) is 0 Å². The van der Waals surface area contributed by atoms with Crippen molar-refractivity contribution in [3.8, 4) is 0 Å². The van der Waals surface area contributed by atoms with Crippen LogP contribution in [0.2, 0.25) is 0 Å². The van der Waals surface area contributed by atoms with Gasteiger partial charge < -0.3 is 10.4 Å². The quantitative estimate of drug-likeness (QED) is 0.776. The summed E-state index contributed by atoms with van der Waals surface area (Å²) in [5.74, 6) is -0.150. The summed E-state index contributed by atoms with van der Waals surface area (Å²) in [6.45, 7) is 4.92. The molecule has 1 rings (SSSR count). The maximum Gasteiger partial charge on any atom is 0.271 e. The number of carbonyl (C=O) groups is 1. The van der Waals surface area contributed by atoms with E-state index in [-0.39, 0.29) is 17.9 Å². The lowest BCUT2D eigenvalue weighted by atomic mass is 9.88. The van der Waals surface area contributed by atoms with E-state index in [4.69, 9.17) is 5.11 Å². The molecule has 0 unspecified atom stereocenters. The Bertz CT molecular complexity index is 372. The molecule has 1 aromatic rings. The van der Waals surface area contributed by atoms with Gasteiger partial charge in [-0.15, -0.1) is 0 Å². The van der Waals surface area contributed by atoms with Crippen LogP contribution in [0.4, 0.5) is 0 Å². The molecule has 2 N–H and O–H groups in total. The van der Waals surface area contributed by atoms with Crippen molar-refractivity contribution in [1.82, 2.24) is 15.1 Å². The molecule has 0 fully saturated rings. The summed E-state index contributed by atoms with van der Waals surface area (Å²) in [6, 6.07) is 1.69. The summed E-state index contributed by atoms with van der Waals surface area (Å²) >= 11 is 0. The molecule has 0 radical (unpaired) electrons. The molecule has 0 atom stereocenters. The third-order valence-electron chi connectivity index (χ3n) is 2.69. The van der Waals surface area contributed by atoms with Crippen LogP contribution in [-0.2, 0) is 7.05 Å². The zero-order valence-corrected chi connectivity index (χ0v) is 10.7. The molecule has 1 amide bonds. The fraction of sp³-hybridized carbons (Fsp3) is 0.667. The maximum atomic E-state index is 11.7. The van der Waals surface area contributed by atoms with Crippen LogP contribution < -0.4 is 5.32 Å². The molecule has 0 bridgehead atoms. The number of carbonyl (C=O) groups excluding carboxylic acids is 1. The van der Waals surface area contributed by atoms with Crippen molar-refractivity contribution in [2.45, 2.75) is 26.7 Å². The number of aryl methyl sites for hydroxylation is 1. The third kappa shape index (κ3) is 4.56. The summed E-state index contributed by atoms with van der Waals surface area (Å²) in [6.07, 6.45) is 3.38. The van der Waals surface area contributed by atoms with Gasteiger partial charge in [-0.2, -0.15) is 5.10 Å². The Hall–Kier alpha value is -1.36. The molecule has 1 heterocycles. The predicted molar refractivity (Wildman–Crippen MR) is 65.6 cm³/mol. The van der Waals surface area contributed by atoms with Gasteiger partial charge in [-0.3, -0.25) is 9.48 Å². The molecule has 0 aliphatic heterocycles. The third-order valence-corrected chi connectivity index (χ3v) is 2.69. The lowest BCUT2D eigenvalue weighted by Gasteiger charge is -2.24. The van der Waals surface area contributed by atoms with E-state index >= 15 is 0 Å². The number of hydrogen-bond donors (Lipinski definition) is 2. The van der Waals surface area contributed by atoms with Crippen LogP contribution in [0.15, 0.2) is 12.3 Å². The predicted octanol–water partition coefficient (Wildman–Crippen LogP) is 0.949. The van der Waals surface area contributed by atoms with Crippen molar-refractivity contribution in [3.63, 3.8) is 0 Å². The molecular weight excluding hydrogens is 218 g/mol. The fourth-order valence-corrected chi connectivity index (χ4v) is 1.59. The highest BCUT2D eigenvalue weighted by atomic mass is 16.2. The molecule has 0 aliphatic carbocycles. The molecule has 5 nitrogen and oxygen atoms in total. The van der Waals surface area contributed by atoms with Gasteiger partial charge in [0.15, 0.2) is 0 Å². The van der Waals surface area contributed by atoms with E-state index < -0.39 is 0 Å². The molecule has 0 saturated carbocycles. The van der Waals surface area contributed by atoms with Gasteiger partial charge in [0.2, 0.25) is 0 Å². The highest BCUT2D eigenvalue weighted by Crippen LogP contribution is 2.20. The second kappa shape index (κ2) is 5.82. The van der Waals surface area contributed by atoms with Gasteiger partial charge in [0.05, 0.1) is 0 Å². The first-order valence-corrected chi connectivity index (χ1v) is 5.83. The number of nitrogens with zero attached hydrogens (tertiary/aromatic N) is 2. The summed E-state index contributed by atoms with van der Waals surface area (Å²) in [5, 5.41) is 15.7. The van der Waals surface area contributed by atoms with Crippen LogP contribution in [-0.4, -0.2) is 33.9 Å². The Morgan fingerprint density at radius 2 is 2.29 bits per heavy atom. The van der Waals surface area contributed by atoms with Crippen LogP contribution in [0.1, 0.15) is 37.2 Å². The van der Waals surface area contributed by atoms with Gasteiger partial charge in [-0.25, -0.2) is 0 Å². The van der Waals surface area contributed by atoms with Gasteiger partial charge in [-0.05, 0) is 24.3 Å². The number of aliphatic hydroxyl groups excluding tert-OH is 1. The smallest absolute Gasteiger partial charge is 0.271 e. The largest absolute Gasteiger partial charge is 0.396 e. The molecule has 17 heavy (non-hydrogen) atoms. The Balaban J connectivity index is 2.42. The minimum absolute atomic E-state index is 0.00678. The first-order chi connectivity index (χ1) is 7.94. The van der Waals surface area contributed by atoms with Crippen LogP contribution in [0, 0.1) is 5.41 Å². The Labute approximate surface area is 102 Å². The average molecular weight is 239 g/mol. The molecule has 0 saturated heterocycles. The number of nitrogens with one attached hydrogen (secondary N) is 1. The first-order valence-electron chi connectivity index (χ1n) is 5.83. The standard InChI is InChI=1S/C12H21N3O2/c1-12(2,6-4-8-16)9-13-11(17)10-5-7-15(3)14-10/h5,7,16H,4,6,8-9H2,1-3H3,(H,13,17). The van der Waals surface area contributed by atoms with Crippen LogP contribution in [0.5, 0.6) is 0 Å². The van der Waals surface area contributed by atoms with E-state index in [0.29, 0.717) is 12.2 Å². The molecule has 0 spiro atoms. The monoisotopic (exact) mass is 239 g/mol. The molecule has 96 valence electrons. The summed E-state index contributed by atoms with van der Waals surface area (Å²) in [4.78, 5) is 11.7. The SMILES string of the molecule is Cn1ccc(C(=O)NCC(C)(C)CCCO)n1. The molecular formula is C12H21N3O2. The van der Waals surface area contributed by atoms with Crippen molar-refractivity contribution in [3.05, 3.63) is 18.0 Å². The minimum Gasteiger partial charge on any atom is -0.396 e. The number of aliphatic hydroxyl groups is 1. The summed E-state index contributed by atoms with van der Waals surface area (Å²) < 4.78 is 1.60. The van der Waals surface area contributed by atoms with Crippen LogP contribution >= 0.6 is 0 Å². The topological polar surface area (TPSA) is 67.2 Å². The Kier molecular flexibility index (Phi) is 4.69. The second-order valence-corrected chi connectivity index (χ2v) is 5.05. The van der Waals surface area contributed by atoms with Crippen molar-refractivity contribution in [2.24, 2.45) is 12.5 Å². The number of rotatable bonds is 6. The molecule has 5 heteroatoms. The first kappa shape index (κ1) is 13.7. The number of amides is 1. The Morgan fingerprint density at radius 3 is 2.82 bits per heavy atom. The van der Waals surface area contributed by atoms with Gasteiger partial charge in [0.25, 0.3) is 5.91 Å². The molecule has 0 aliphatic rings. The molecule has 0 aromatic carbocycles. The van der Waals surface area contributed by atoms with Crippen molar-refractivity contribution >= 4 is 5.91 Å². The van der Waals surface area contributed by atoms with E-state index in [9.17, 15) is 4.79 Å². The van der Waals surface area contributed by atoms with Crippen molar-refractivity contribution in [2.75, 3.05) is 13.2 Å². The normalized spacial score (nSPS) is 11.5. The minimum atomic E-state index is -0.150. The number of hydrogen-bond acceptors (Lipinski definition) is 3. The van der Waals surface area contributed by atoms with E-state index in [1.54, 1.807) is 24.0 Å². The van der Waals surface area contributed by atoms with E-state index in [1.807, 2.05) is 0 Å². The second-order valence-electron chi connectivity index (χ2n) is 5.05. The lowest BCUT2D eigenvalue weighted by Crippen LogP contribution is -2.34. The Morgan fingerprint density at radius 1 is 1.59 bits per heavy atom. The van der Waals surface area contributed by atoms with Gasteiger partial charge in [-0.1, -0.05) is 13.8 Å². The molecule has 1 aromatic heterocycles. The van der Waals surface area contributed by atoms with Crippen LogP contribution in [0.3, 0.4) is 0 Å². The summed E-state index contributed by atoms with van der Waals surface area (Å²) in [7, 11) is 1.78. The number of aromatic nitrogens is 2. The van der Waals surface area contributed by atoms with Crippen molar-refractivity contribution in [1.29, 1.82) is 0 Å². The van der Waals surface area contributed by atoms with Gasteiger partial charge in [0, 0.05) is 26.4 Å². The maximum absolute atomic E-state index is 11.7. The van der Waals surface area contributed by atoms with Gasteiger partial charge >= 0.3 is 0 Å². The highest BCUT2D eigenvalue weighted by molar-refractivity contribution is 5.92. The average Bonchev–Trinajstić information content (AvgIpc) is 2.70. The van der Waals surface area contributed by atoms with E-state index in [2.05, 4.69) is 24.3 Å². The van der Waals surface area contributed by atoms with Crippen LogP contribution in [0.25, 0.3) is 0 Å². The zero-order chi connectivity index (χ0) is 12.9.